The van der Waals surface area contributed by atoms with E-state index in [0.717, 1.165) is 31.4 Å². The SMILES string of the molecule is CCCNC(CCC(C)C)c1ccc(Cl)c(F)c1. The van der Waals surface area contributed by atoms with Crippen molar-refractivity contribution in [3.05, 3.63) is 34.6 Å². The van der Waals surface area contributed by atoms with Gasteiger partial charge in [-0.3, -0.25) is 0 Å². The van der Waals surface area contributed by atoms with Crippen molar-refractivity contribution in [1.29, 1.82) is 0 Å². The molecule has 0 fully saturated rings. The monoisotopic (exact) mass is 271 g/mol. The molecule has 0 amide bonds. The number of benzene rings is 1. The Morgan fingerprint density at radius 3 is 2.56 bits per heavy atom. The van der Waals surface area contributed by atoms with Gasteiger partial charge in [0.05, 0.1) is 5.02 Å². The Balaban J connectivity index is 2.76. The zero-order valence-electron chi connectivity index (χ0n) is 11.5. The second kappa shape index (κ2) is 7.75. The van der Waals surface area contributed by atoms with E-state index >= 15 is 0 Å². The van der Waals surface area contributed by atoms with Crippen LogP contribution in [-0.4, -0.2) is 6.54 Å². The van der Waals surface area contributed by atoms with E-state index in [2.05, 4.69) is 26.1 Å². The normalized spacial score (nSPS) is 13.0. The molecule has 0 aliphatic carbocycles. The Bertz CT molecular complexity index is 366. The van der Waals surface area contributed by atoms with Crippen LogP contribution in [0, 0.1) is 11.7 Å². The van der Waals surface area contributed by atoms with Crippen LogP contribution in [0.3, 0.4) is 0 Å². The molecule has 1 aromatic rings. The summed E-state index contributed by atoms with van der Waals surface area (Å²) < 4.78 is 13.5. The average Bonchev–Trinajstić information content (AvgIpc) is 2.33. The van der Waals surface area contributed by atoms with Gasteiger partial charge in [-0.25, -0.2) is 4.39 Å². The van der Waals surface area contributed by atoms with Crippen LogP contribution < -0.4 is 5.32 Å². The molecule has 1 N–H and O–H groups in total. The van der Waals surface area contributed by atoms with E-state index in [4.69, 9.17) is 11.6 Å². The molecule has 1 unspecified atom stereocenters. The molecular weight excluding hydrogens is 249 g/mol. The van der Waals surface area contributed by atoms with Crippen molar-refractivity contribution >= 4 is 11.6 Å². The molecule has 0 spiro atoms. The van der Waals surface area contributed by atoms with Gasteiger partial charge < -0.3 is 5.32 Å². The lowest BCUT2D eigenvalue weighted by Crippen LogP contribution is -2.22. The first kappa shape index (κ1) is 15.5. The van der Waals surface area contributed by atoms with E-state index in [1.54, 1.807) is 12.1 Å². The highest BCUT2D eigenvalue weighted by atomic mass is 35.5. The first-order valence-corrected chi connectivity index (χ1v) is 7.10. The molecule has 1 rings (SSSR count). The Kier molecular flexibility index (Phi) is 6.66. The minimum absolute atomic E-state index is 0.192. The third kappa shape index (κ3) is 4.95. The van der Waals surface area contributed by atoms with E-state index in [0.29, 0.717) is 5.92 Å². The number of halogens is 2. The maximum absolute atomic E-state index is 13.5. The third-order valence-corrected chi connectivity index (χ3v) is 3.33. The van der Waals surface area contributed by atoms with Crippen molar-refractivity contribution in [2.75, 3.05) is 6.54 Å². The fraction of sp³-hybridized carbons (Fsp3) is 0.600. The molecule has 0 saturated heterocycles. The van der Waals surface area contributed by atoms with Crippen molar-refractivity contribution < 1.29 is 4.39 Å². The van der Waals surface area contributed by atoms with Crippen LogP contribution in [0.5, 0.6) is 0 Å². The lowest BCUT2D eigenvalue weighted by molar-refractivity contribution is 0.439. The van der Waals surface area contributed by atoms with Gasteiger partial charge >= 0.3 is 0 Å². The van der Waals surface area contributed by atoms with Crippen molar-refractivity contribution in [3.8, 4) is 0 Å². The Morgan fingerprint density at radius 1 is 1.28 bits per heavy atom. The molecule has 0 saturated carbocycles. The number of hydrogen-bond acceptors (Lipinski definition) is 1. The van der Waals surface area contributed by atoms with Crippen molar-refractivity contribution in [2.45, 2.75) is 46.1 Å². The molecule has 0 radical (unpaired) electrons. The highest BCUT2D eigenvalue weighted by Gasteiger charge is 2.13. The maximum atomic E-state index is 13.5. The number of rotatable bonds is 7. The lowest BCUT2D eigenvalue weighted by Gasteiger charge is -2.20. The molecule has 1 atom stereocenters. The maximum Gasteiger partial charge on any atom is 0.142 e. The van der Waals surface area contributed by atoms with Gasteiger partial charge in [-0.05, 0) is 49.4 Å². The van der Waals surface area contributed by atoms with E-state index in [1.165, 1.54) is 0 Å². The lowest BCUT2D eigenvalue weighted by atomic mass is 9.97. The minimum Gasteiger partial charge on any atom is -0.310 e. The summed E-state index contributed by atoms with van der Waals surface area (Å²) in [6, 6.07) is 5.33. The molecule has 0 bridgehead atoms. The fourth-order valence-electron chi connectivity index (χ4n) is 1.93. The second-order valence-electron chi connectivity index (χ2n) is 5.15. The molecule has 0 heterocycles. The fourth-order valence-corrected chi connectivity index (χ4v) is 2.05. The third-order valence-electron chi connectivity index (χ3n) is 3.02. The molecule has 1 aromatic carbocycles. The Morgan fingerprint density at radius 2 is 2.00 bits per heavy atom. The van der Waals surface area contributed by atoms with Crippen LogP contribution in [0.1, 0.15) is 51.6 Å². The minimum atomic E-state index is -0.331. The highest BCUT2D eigenvalue weighted by Crippen LogP contribution is 2.24. The van der Waals surface area contributed by atoms with Crippen LogP contribution in [0.4, 0.5) is 4.39 Å². The van der Waals surface area contributed by atoms with Crippen LogP contribution >= 0.6 is 11.6 Å². The van der Waals surface area contributed by atoms with Crippen LogP contribution in [0.2, 0.25) is 5.02 Å². The summed E-state index contributed by atoms with van der Waals surface area (Å²) >= 11 is 5.72. The van der Waals surface area contributed by atoms with Crippen LogP contribution in [0.15, 0.2) is 18.2 Å². The first-order chi connectivity index (χ1) is 8.54. The molecular formula is C15H23ClFN. The van der Waals surface area contributed by atoms with Gasteiger partial charge in [-0.2, -0.15) is 0 Å². The molecule has 0 aliphatic heterocycles. The molecule has 0 aliphatic rings. The summed E-state index contributed by atoms with van der Waals surface area (Å²) in [6.07, 6.45) is 3.23. The summed E-state index contributed by atoms with van der Waals surface area (Å²) in [6.45, 7) is 7.50. The van der Waals surface area contributed by atoms with Gasteiger partial charge in [0.1, 0.15) is 5.82 Å². The van der Waals surface area contributed by atoms with E-state index < -0.39 is 0 Å². The van der Waals surface area contributed by atoms with Crippen molar-refractivity contribution in [1.82, 2.24) is 5.32 Å². The van der Waals surface area contributed by atoms with E-state index in [1.807, 2.05) is 6.07 Å². The quantitative estimate of drug-likeness (QED) is 0.739. The summed E-state index contributed by atoms with van der Waals surface area (Å²) in [5.41, 5.74) is 0.992. The Hall–Kier alpha value is -0.600. The van der Waals surface area contributed by atoms with Crippen molar-refractivity contribution in [2.24, 2.45) is 5.92 Å². The zero-order chi connectivity index (χ0) is 13.5. The average molecular weight is 272 g/mol. The predicted molar refractivity (Wildman–Crippen MR) is 76.5 cm³/mol. The number of nitrogens with one attached hydrogen (secondary N) is 1. The van der Waals surface area contributed by atoms with Gasteiger partial charge in [0, 0.05) is 6.04 Å². The largest absolute Gasteiger partial charge is 0.310 e. The summed E-state index contributed by atoms with van der Waals surface area (Å²) in [7, 11) is 0. The number of hydrogen-bond donors (Lipinski definition) is 1. The zero-order valence-corrected chi connectivity index (χ0v) is 12.2. The smallest absolute Gasteiger partial charge is 0.142 e. The van der Waals surface area contributed by atoms with Gasteiger partial charge in [-0.15, -0.1) is 0 Å². The standard InChI is InChI=1S/C15H23ClFN/c1-4-9-18-15(8-5-11(2)3)12-6-7-13(16)14(17)10-12/h6-7,10-11,15,18H,4-5,8-9H2,1-3H3. The summed E-state index contributed by atoms with van der Waals surface area (Å²) in [5, 5.41) is 3.67. The van der Waals surface area contributed by atoms with Gasteiger partial charge in [-0.1, -0.05) is 38.4 Å². The van der Waals surface area contributed by atoms with Crippen LogP contribution in [0.25, 0.3) is 0 Å². The molecule has 102 valence electrons. The van der Waals surface area contributed by atoms with Gasteiger partial charge in [0.15, 0.2) is 0 Å². The molecule has 1 nitrogen and oxygen atoms in total. The van der Waals surface area contributed by atoms with E-state index in [-0.39, 0.29) is 16.9 Å². The van der Waals surface area contributed by atoms with Gasteiger partial charge in [0.2, 0.25) is 0 Å². The van der Waals surface area contributed by atoms with Gasteiger partial charge in [0.25, 0.3) is 0 Å². The summed E-state index contributed by atoms with van der Waals surface area (Å²) in [4.78, 5) is 0. The van der Waals surface area contributed by atoms with E-state index in [9.17, 15) is 4.39 Å². The Labute approximate surface area is 115 Å². The molecule has 0 aromatic heterocycles. The molecule has 3 heteroatoms. The first-order valence-electron chi connectivity index (χ1n) is 6.73. The topological polar surface area (TPSA) is 12.0 Å². The summed E-state index contributed by atoms with van der Waals surface area (Å²) in [5.74, 6) is 0.329. The van der Waals surface area contributed by atoms with Crippen molar-refractivity contribution in [3.63, 3.8) is 0 Å². The second-order valence-corrected chi connectivity index (χ2v) is 5.56. The predicted octanol–water partition coefficient (Wildman–Crippen LogP) is 4.96. The molecule has 18 heavy (non-hydrogen) atoms. The highest BCUT2D eigenvalue weighted by molar-refractivity contribution is 6.30. The van der Waals surface area contributed by atoms with Crippen LogP contribution in [-0.2, 0) is 0 Å².